The maximum atomic E-state index is 13.7. The third-order valence-corrected chi connectivity index (χ3v) is 12.4. The number of thiol groups is 1. The summed E-state index contributed by atoms with van der Waals surface area (Å²) in [5, 5.41) is 69.1. The van der Waals surface area contributed by atoms with Gasteiger partial charge < -0.3 is 101 Å². The molecule has 0 bridgehead atoms. The molecular weight excluding hydrogens is 1070 g/mol. The lowest BCUT2D eigenvalue weighted by molar-refractivity contribution is -0.143. The minimum absolute atomic E-state index is 0.00949. The van der Waals surface area contributed by atoms with Gasteiger partial charge in [-0.15, -0.1) is 0 Å². The number of carboxylic acid groups (broad SMARTS) is 2. The van der Waals surface area contributed by atoms with E-state index in [2.05, 4.69) is 55.2 Å². The zero-order valence-electron chi connectivity index (χ0n) is 44.1. The van der Waals surface area contributed by atoms with Crippen molar-refractivity contribution in [3.63, 3.8) is 0 Å². The first kappa shape index (κ1) is 69.7. The van der Waals surface area contributed by atoms with Crippen molar-refractivity contribution in [1.82, 2.24) is 52.8 Å². The Hall–Kier alpha value is -7.27. The van der Waals surface area contributed by atoms with Crippen molar-refractivity contribution in [2.75, 3.05) is 32.1 Å². The number of primary amides is 2. The highest BCUT2D eigenvalue weighted by atomic mass is 32.1. The van der Waals surface area contributed by atoms with Crippen LogP contribution in [0, 0.1) is 5.92 Å². The molecule has 446 valence electrons. The molecule has 1 saturated heterocycles. The number of rotatable bonds is 36. The van der Waals surface area contributed by atoms with Gasteiger partial charge in [0.15, 0.2) is 0 Å². The predicted octanol–water partition coefficient (Wildman–Crippen LogP) is -9.53. The van der Waals surface area contributed by atoms with Crippen molar-refractivity contribution in [2.45, 2.75) is 158 Å². The van der Waals surface area contributed by atoms with Gasteiger partial charge in [0, 0.05) is 18.7 Å². The maximum absolute atomic E-state index is 13.7. The summed E-state index contributed by atoms with van der Waals surface area (Å²) in [4.78, 5) is 182. The van der Waals surface area contributed by atoms with E-state index in [1.807, 2.05) is 5.32 Å². The molecule has 1 heterocycles. The molecule has 0 aromatic heterocycles. The van der Waals surface area contributed by atoms with Gasteiger partial charge in [-0.3, -0.25) is 62.3 Å². The molecular formula is C45H76N14O19S. The summed E-state index contributed by atoms with van der Waals surface area (Å²) < 4.78 is 0. The van der Waals surface area contributed by atoms with Gasteiger partial charge in [-0.1, -0.05) is 13.8 Å². The van der Waals surface area contributed by atoms with E-state index in [9.17, 15) is 87.5 Å². The second-order valence-electron chi connectivity index (χ2n) is 18.8. The number of amides is 12. The van der Waals surface area contributed by atoms with Gasteiger partial charge in [-0.05, 0) is 64.8 Å². The lowest BCUT2D eigenvalue weighted by atomic mass is 10.0. The minimum Gasteiger partial charge on any atom is -0.481 e. The fourth-order valence-corrected chi connectivity index (χ4v) is 7.71. The van der Waals surface area contributed by atoms with Crippen LogP contribution in [0.15, 0.2) is 0 Å². The van der Waals surface area contributed by atoms with E-state index in [4.69, 9.17) is 28.0 Å². The van der Waals surface area contributed by atoms with Crippen LogP contribution in [0.25, 0.3) is 0 Å². The monoisotopic (exact) mass is 1150 g/mol. The van der Waals surface area contributed by atoms with Crippen LogP contribution in [0.1, 0.15) is 85.5 Å². The van der Waals surface area contributed by atoms with E-state index < -0.39 is 200 Å². The highest BCUT2D eigenvalue weighted by molar-refractivity contribution is 7.80. The zero-order chi connectivity index (χ0) is 60.4. The Kier molecular flexibility index (Phi) is 30.5. The molecule has 0 radical (unpaired) electrons. The number of likely N-dealkylation sites (tertiary alicyclic amines) is 1. The number of hydrogen-bond acceptors (Lipinski definition) is 20. The van der Waals surface area contributed by atoms with E-state index in [0.717, 1.165) is 13.8 Å². The summed E-state index contributed by atoms with van der Waals surface area (Å²) >= 11 is 4.00. The topological polar surface area (TPSA) is 556 Å². The smallest absolute Gasteiger partial charge is 0.326 e. The van der Waals surface area contributed by atoms with E-state index in [-0.39, 0.29) is 38.1 Å². The third-order valence-electron chi connectivity index (χ3n) is 12.0. The molecule has 0 unspecified atom stereocenters. The maximum Gasteiger partial charge on any atom is 0.326 e. The lowest BCUT2D eigenvalue weighted by Crippen LogP contribution is -2.63. The summed E-state index contributed by atoms with van der Waals surface area (Å²) in [5.41, 5.74) is 22.0. The van der Waals surface area contributed by atoms with Crippen LogP contribution >= 0.6 is 12.6 Å². The molecule has 79 heavy (non-hydrogen) atoms. The van der Waals surface area contributed by atoms with Gasteiger partial charge in [-0.2, -0.15) is 12.6 Å². The molecule has 33 nitrogen and oxygen atoms in total. The number of aliphatic carboxylic acids is 2. The van der Waals surface area contributed by atoms with E-state index in [0.29, 0.717) is 12.8 Å². The molecule has 1 rings (SSSR count). The number of nitrogens with one attached hydrogen (secondary N) is 9. The van der Waals surface area contributed by atoms with Crippen LogP contribution in [0.4, 0.5) is 0 Å². The number of aliphatic hydroxyl groups is 3. The van der Waals surface area contributed by atoms with Gasteiger partial charge in [0.1, 0.15) is 60.4 Å². The third kappa shape index (κ3) is 23.7. The van der Waals surface area contributed by atoms with Crippen LogP contribution in [0.3, 0.4) is 0 Å². The first-order valence-corrected chi connectivity index (χ1v) is 25.6. The number of carbonyl (C=O) groups is 14. The molecule has 1 aliphatic rings. The standard InChI is InChI=1S/C45H76N14O19S/c1-19(2)33(42(74)51-23(8-5-6-12-46)36(68)52-24(45(77)78)10-11-32(65)66)57-43(75)34(21(4)62)58-40(72)28(17-61)55-38(70)26(15-31(49)64)54-37(69)25(14-30(48)63)53-35(67)20(3)50-39(71)27(16-60)56-41(73)29-9-7-13-59(29)44(76)22(47)18-79/h19-29,33-34,60-62,79H,5-18,46-47H2,1-4H3,(H2,48,63)(H2,49,64)(H,50,71)(H,51,74)(H,52,68)(H,53,67)(H,54,69)(H,55,70)(H,56,73)(H,57,75)(H,58,72)(H,65,66)(H,77,78)/t20-,21+,22-,23-,24-,25-,26-,27-,28-,29-,33-,34-/m0/s1. The number of hydrogen-bond donors (Lipinski definition) is 19. The molecule has 1 fully saturated rings. The fourth-order valence-electron chi connectivity index (χ4n) is 7.55. The van der Waals surface area contributed by atoms with Crippen LogP contribution in [0.2, 0.25) is 0 Å². The van der Waals surface area contributed by atoms with E-state index in [1.54, 1.807) is 0 Å². The summed E-state index contributed by atoms with van der Waals surface area (Å²) in [6.07, 6.45) is -3.63. The van der Waals surface area contributed by atoms with Crippen molar-refractivity contribution in [2.24, 2.45) is 28.9 Å². The zero-order valence-corrected chi connectivity index (χ0v) is 45.0. The Morgan fingerprint density at radius 3 is 1.52 bits per heavy atom. The van der Waals surface area contributed by atoms with Crippen molar-refractivity contribution < 1.29 is 92.7 Å². The number of unbranched alkanes of at least 4 members (excludes halogenated alkanes) is 1. The lowest BCUT2D eigenvalue weighted by Gasteiger charge is -2.29. The molecule has 12 atom stereocenters. The Morgan fingerprint density at radius 1 is 0.582 bits per heavy atom. The first-order chi connectivity index (χ1) is 36.9. The molecule has 12 amide bonds. The van der Waals surface area contributed by atoms with Crippen molar-refractivity contribution >= 4 is 95.5 Å². The Bertz CT molecular complexity index is 2210. The van der Waals surface area contributed by atoms with Crippen LogP contribution in [-0.2, 0) is 67.1 Å². The second-order valence-corrected chi connectivity index (χ2v) is 19.2. The number of carbonyl (C=O) groups excluding carboxylic acids is 12. The molecule has 0 spiro atoms. The van der Waals surface area contributed by atoms with Gasteiger partial charge in [-0.25, -0.2) is 4.79 Å². The Labute approximate surface area is 458 Å². The molecule has 0 aromatic carbocycles. The molecule has 1 aliphatic heterocycles. The van der Waals surface area contributed by atoms with Gasteiger partial charge in [0.25, 0.3) is 0 Å². The van der Waals surface area contributed by atoms with Crippen molar-refractivity contribution in [3.05, 3.63) is 0 Å². The molecule has 34 heteroatoms. The van der Waals surface area contributed by atoms with E-state index >= 15 is 0 Å². The minimum atomic E-state index is -2.02. The van der Waals surface area contributed by atoms with Crippen LogP contribution in [-0.4, -0.2) is 218 Å². The summed E-state index contributed by atoms with van der Waals surface area (Å²) in [6.45, 7) is 3.26. The predicted molar refractivity (Wildman–Crippen MR) is 275 cm³/mol. The summed E-state index contributed by atoms with van der Waals surface area (Å²) in [7, 11) is 0. The highest BCUT2D eigenvalue weighted by Gasteiger charge is 2.40. The normalized spacial score (nSPS) is 17.2. The number of nitrogens with two attached hydrogens (primary N) is 4. The van der Waals surface area contributed by atoms with Gasteiger partial charge in [0.2, 0.25) is 70.9 Å². The van der Waals surface area contributed by atoms with Crippen LogP contribution < -0.4 is 70.8 Å². The molecule has 0 aromatic rings. The Morgan fingerprint density at radius 2 is 1.04 bits per heavy atom. The first-order valence-electron chi connectivity index (χ1n) is 25.0. The van der Waals surface area contributed by atoms with Crippen molar-refractivity contribution in [1.29, 1.82) is 0 Å². The summed E-state index contributed by atoms with van der Waals surface area (Å²) in [5.74, 6) is -17.0. The summed E-state index contributed by atoms with van der Waals surface area (Å²) in [6, 6.07) is -17.8. The van der Waals surface area contributed by atoms with Gasteiger partial charge >= 0.3 is 11.9 Å². The number of aliphatic hydroxyl groups excluding tert-OH is 3. The average Bonchev–Trinajstić information content (AvgIpc) is 3.87. The molecule has 0 saturated carbocycles. The van der Waals surface area contributed by atoms with Crippen LogP contribution in [0.5, 0.6) is 0 Å². The number of carboxylic acids is 2. The number of nitrogens with zero attached hydrogens (tertiary/aromatic N) is 1. The SMILES string of the molecule is CC(C)[C@H](NC(=O)[C@@H](NC(=O)[C@H](CO)NC(=O)[C@H](CC(N)=O)NC(=O)[C@H](CC(N)=O)NC(=O)[C@H](C)NC(=O)[C@H](CO)NC(=O)[C@@H]1CCCN1C(=O)[C@@H](N)CS)[C@@H](C)O)C(=O)N[C@@H](CCCCN)C(=O)N[C@@H](CCC(=O)O)C(=O)O. The quantitative estimate of drug-likeness (QED) is 0.0205. The highest BCUT2D eigenvalue weighted by Crippen LogP contribution is 2.19. The Balaban J connectivity index is 3.21. The average molecular weight is 1150 g/mol. The van der Waals surface area contributed by atoms with Gasteiger partial charge in [0.05, 0.1) is 38.2 Å². The van der Waals surface area contributed by atoms with Crippen molar-refractivity contribution in [3.8, 4) is 0 Å². The molecule has 0 aliphatic carbocycles. The van der Waals surface area contributed by atoms with E-state index in [1.165, 1.54) is 18.7 Å². The molecule has 22 N–H and O–H groups in total. The largest absolute Gasteiger partial charge is 0.481 e. The fraction of sp³-hybridized carbons (Fsp3) is 0.689. The second kappa shape index (κ2) is 34.6.